The Morgan fingerprint density at radius 1 is 1.47 bits per heavy atom. The van der Waals surface area contributed by atoms with Gasteiger partial charge in [0.25, 0.3) is 0 Å². The molecule has 2 aromatic rings. The highest BCUT2D eigenvalue weighted by Gasteiger charge is 2.18. The summed E-state index contributed by atoms with van der Waals surface area (Å²) >= 11 is 0. The molecule has 0 aliphatic heterocycles. The quantitative estimate of drug-likeness (QED) is 0.751. The van der Waals surface area contributed by atoms with Gasteiger partial charge in [-0.2, -0.15) is 0 Å². The van der Waals surface area contributed by atoms with Gasteiger partial charge in [0.05, 0.1) is 23.5 Å². The number of H-pyrrole nitrogens is 1. The molecule has 1 aromatic heterocycles. The van der Waals surface area contributed by atoms with Crippen LogP contribution in [-0.4, -0.2) is 27.7 Å². The van der Waals surface area contributed by atoms with Crippen molar-refractivity contribution in [2.24, 2.45) is 0 Å². The molecule has 1 heterocycles. The molecule has 3 rings (SSSR count). The largest absolute Gasteiger partial charge is 0.387 e. The van der Waals surface area contributed by atoms with Gasteiger partial charge in [0, 0.05) is 12.6 Å². The fourth-order valence-corrected chi connectivity index (χ4v) is 2.17. The Morgan fingerprint density at radius 3 is 3.12 bits per heavy atom. The molecule has 90 valence electrons. The number of aliphatic hydroxyl groups excluding tert-OH is 1. The van der Waals surface area contributed by atoms with Gasteiger partial charge in [-0.3, -0.25) is 0 Å². The van der Waals surface area contributed by atoms with E-state index in [0.717, 1.165) is 16.6 Å². The molecule has 0 bridgehead atoms. The van der Waals surface area contributed by atoms with Gasteiger partial charge in [0.1, 0.15) is 0 Å². The van der Waals surface area contributed by atoms with Crippen LogP contribution in [0.3, 0.4) is 0 Å². The van der Waals surface area contributed by atoms with E-state index < -0.39 is 6.10 Å². The summed E-state index contributed by atoms with van der Waals surface area (Å²) < 4.78 is 0. The first-order valence-electron chi connectivity index (χ1n) is 6.17. The summed E-state index contributed by atoms with van der Waals surface area (Å²) in [4.78, 5) is 7.22. The van der Waals surface area contributed by atoms with Crippen molar-refractivity contribution in [3.63, 3.8) is 0 Å². The Hall–Kier alpha value is -1.39. The molecule has 0 unspecified atom stereocenters. The normalized spacial score (nSPS) is 18.2. The van der Waals surface area contributed by atoms with Crippen LogP contribution in [-0.2, 0) is 0 Å². The lowest BCUT2D eigenvalue weighted by molar-refractivity contribution is 0.161. The predicted molar refractivity (Wildman–Crippen MR) is 66.7 cm³/mol. The fourth-order valence-electron chi connectivity index (χ4n) is 2.17. The highest BCUT2D eigenvalue weighted by atomic mass is 16.3. The van der Waals surface area contributed by atoms with Crippen molar-refractivity contribution in [3.8, 4) is 0 Å². The number of nitrogens with zero attached hydrogens (tertiary/aromatic N) is 1. The minimum atomic E-state index is -0.441. The SMILES string of the molecule is O[C@@H](CNC1CCC1)c1ccc2nc[nH]c2c1. The van der Waals surface area contributed by atoms with Gasteiger partial charge >= 0.3 is 0 Å². The van der Waals surface area contributed by atoms with Gasteiger partial charge in [-0.25, -0.2) is 4.98 Å². The second-order valence-corrected chi connectivity index (χ2v) is 4.73. The monoisotopic (exact) mass is 231 g/mol. The van der Waals surface area contributed by atoms with Crippen LogP contribution in [0, 0.1) is 0 Å². The van der Waals surface area contributed by atoms with Gasteiger partial charge in [-0.05, 0) is 30.5 Å². The maximum absolute atomic E-state index is 10.1. The van der Waals surface area contributed by atoms with Gasteiger partial charge in [0.15, 0.2) is 0 Å². The van der Waals surface area contributed by atoms with Crippen molar-refractivity contribution in [2.45, 2.75) is 31.4 Å². The average molecular weight is 231 g/mol. The first kappa shape index (κ1) is 10.7. The molecular weight excluding hydrogens is 214 g/mol. The number of rotatable bonds is 4. The van der Waals surface area contributed by atoms with E-state index in [1.807, 2.05) is 18.2 Å². The first-order chi connectivity index (χ1) is 8.33. The summed E-state index contributed by atoms with van der Waals surface area (Å²) in [7, 11) is 0. The molecule has 1 saturated carbocycles. The lowest BCUT2D eigenvalue weighted by Gasteiger charge is -2.27. The van der Waals surface area contributed by atoms with E-state index in [0.29, 0.717) is 12.6 Å². The summed E-state index contributed by atoms with van der Waals surface area (Å²) in [6.45, 7) is 0.629. The van der Waals surface area contributed by atoms with E-state index in [1.54, 1.807) is 6.33 Å². The standard InChI is InChI=1S/C13H17N3O/c17-13(7-14-10-2-1-3-10)9-4-5-11-12(6-9)16-8-15-11/h4-6,8,10,13-14,17H,1-3,7H2,(H,15,16)/t13-/m0/s1. The Morgan fingerprint density at radius 2 is 2.35 bits per heavy atom. The summed E-state index contributed by atoms with van der Waals surface area (Å²) in [6, 6.07) is 6.46. The molecule has 0 saturated heterocycles. The summed E-state index contributed by atoms with van der Waals surface area (Å²) in [5.41, 5.74) is 2.85. The van der Waals surface area contributed by atoms with E-state index in [9.17, 15) is 5.11 Å². The van der Waals surface area contributed by atoms with E-state index in [2.05, 4.69) is 15.3 Å². The number of hydrogen-bond acceptors (Lipinski definition) is 3. The average Bonchev–Trinajstić information content (AvgIpc) is 2.73. The van der Waals surface area contributed by atoms with Crippen molar-refractivity contribution in [1.82, 2.24) is 15.3 Å². The number of aliphatic hydroxyl groups is 1. The highest BCUT2D eigenvalue weighted by molar-refractivity contribution is 5.75. The minimum Gasteiger partial charge on any atom is -0.387 e. The van der Waals surface area contributed by atoms with Crippen LogP contribution in [0.1, 0.15) is 30.9 Å². The van der Waals surface area contributed by atoms with Crippen LogP contribution < -0.4 is 5.32 Å². The Balaban J connectivity index is 1.68. The molecule has 17 heavy (non-hydrogen) atoms. The molecule has 1 aliphatic rings. The van der Waals surface area contributed by atoms with Gasteiger partial charge in [-0.15, -0.1) is 0 Å². The molecule has 0 amide bonds. The zero-order chi connectivity index (χ0) is 11.7. The van der Waals surface area contributed by atoms with Crippen molar-refractivity contribution >= 4 is 11.0 Å². The first-order valence-corrected chi connectivity index (χ1v) is 6.17. The Labute approximate surface area is 100 Å². The molecule has 1 fully saturated rings. The van der Waals surface area contributed by atoms with Crippen LogP contribution in [0.4, 0.5) is 0 Å². The van der Waals surface area contributed by atoms with Crippen molar-refractivity contribution < 1.29 is 5.11 Å². The number of aromatic nitrogens is 2. The van der Waals surface area contributed by atoms with E-state index >= 15 is 0 Å². The minimum absolute atomic E-state index is 0.441. The summed E-state index contributed by atoms with van der Waals surface area (Å²) in [5, 5.41) is 13.5. The molecule has 3 N–H and O–H groups in total. The smallest absolute Gasteiger partial charge is 0.0931 e. The van der Waals surface area contributed by atoms with Crippen LogP contribution in [0.15, 0.2) is 24.5 Å². The topological polar surface area (TPSA) is 60.9 Å². The lowest BCUT2D eigenvalue weighted by Crippen LogP contribution is -2.37. The van der Waals surface area contributed by atoms with Crippen molar-refractivity contribution in [1.29, 1.82) is 0 Å². The van der Waals surface area contributed by atoms with E-state index in [1.165, 1.54) is 19.3 Å². The van der Waals surface area contributed by atoms with Crippen LogP contribution >= 0.6 is 0 Å². The molecule has 4 heteroatoms. The van der Waals surface area contributed by atoms with Crippen molar-refractivity contribution in [3.05, 3.63) is 30.1 Å². The van der Waals surface area contributed by atoms with Crippen molar-refractivity contribution in [2.75, 3.05) is 6.54 Å². The number of aromatic amines is 1. The number of benzene rings is 1. The molecule has 4 nitrogen and oxygen atoms in total. The maximum Gasteiger partial charge on any atom is 0.0931 e. The predicted octanol–water partition coefficient (Wildman–Crippen LogP) is 1.74. The summed E-state index contributed by atoms with van der Waals surface area (Å²) in [6.07, 6.45) is 5.03. The molecule has 1 aliphatic carbocycles. The maximum atomic E-state index is 10.1. The second kappa shape index (κ2) is 4.47. The summed E-state index contributed by atoms with van der Waals surface area (Å²) in [5.74, 6) is 0. The number of hydrogen-bond donors (Lipinski definition) is 3. The van der Waals surface area contributed by atoms with E-state index in [-0.39, 0.29) is 0 Å². The molecule has 0 radical (unpaired) electrons. The van der Waals surface area contributed by atoms with Crippen LogP contribution in [0.2, 0.25) is 0 Å². The van der Waals surface area contributed by atoms with Crippen LogP contribution in [0.25, 0.3) is 11.0 Å². The van der Waals surface area contributed by atoms with E-state index in [4.69, 9.17) is 0 Å². The lowest BCUT2D eigenvalue weighted by atomic mass is 9.93. The molecule has 1 atom stereocenters. The number of imidazole rings is 1. The van der Waals surface area contributed by atoms with Gasteiger partial charge < -0.3 is 15.4 Å². The number of fused-ring (bicyclic) bond motifs is 1. The molecule has 1 aromatic carbocycles. The zero-order valence-corrected chi connectivity index (χ0v) is 9.69. The van der Waals surface area contributed by atoms with Crippen LogP contribution in [0.5, 0.6) is 0 Å². The zero-order valence-electron chi connectivity index (χ0n) is 9.69. The van der Waals surface area contributed by atoms with Gasteiger partial charge in [-0.1, -0.05) is 12.5 Å². The Kier molecular flexibility index (Phi) is 2.82. The molecular formula is C13H17N3O. The second-order valence-electron chi connectivity index (χ2n) is 4.73. The third kappa shape index (κ3) is 2.18. The number of nitrogens with one attached hydrogen (secondary N) is 2. The van der Waals surface area contributed by atoms with Gasteiger partial charge in [0.2, 0.25) is 0 Å². The highest BCUT2D eigenvalue weighted by Crippen LogP contribution is 2.21. The Bertz CT molecular complexity index is 504. The third-order valence-corrected chi connectivity index (χ3v) is 3.53. The fraction of sp³-hybridized carbons (Fsp3) is 0.462. The molecule has 0 spiro atoms. The third-order valence-electron chi connectivity index (χ3n) is 3.53.